The number of aliphatic carboxylic acids is 1. The zero-order chi connectivity index (χ0) is 13.5. The highest BCUT2D eigenvalue weighted by molar-refractivity contribution is 6.30. The Labute approximate surface area is 113 Å². The van der Waals surface area contributed by atoms with Crippen LogP contribution in [0.5, 0.6) is 0 Å². The molecule has 0 fully saturated rings. The number of nitrogens with zero attached hydrogens (tertiary/aromatic N) is 2. The number of benzene rings is 1. The van der Waals surface area contributed by atoms with Crippen molar-refractivity contribution in [1.82, 2.24) is 9.80 Å². The minimum absolute atomic E-state index is 0.0420. The number of rotatable bonds is 7. The number of hydrogen-bond acceptors (Lipinski definition) is 3. The van der Waals surface area contributed by atoms with Gasteiger partial charge in [0, 0.05) is 24.7 Å². The van der Waals surface area contributed by atoms with Gasteiger partial charge in [0.15, 0.2) is 0 Å². The van der Waals surface area contributed by atoms with Gasteiger partial charge in [-0.2, -0.15) is 0 Å². The van der Waals surface area contributed by atoms with E-state index in [1.165, 1.54) is 0 Å². The first-order valence-electron chi connectivity index (χ1n) is 5.80. The van der Waals surface area contributed by atoms with Crippen molar-refractivity contribution in [2.24, 2.45) is 0 Å². The summed E-state index contributed by atoms with van der Waals surface area (Å²) in [5.74, 6) is -0.809. The van der Waals surface area contributed by atoms with E-state index in [0.29, 0.717) is 18.1 Å². The molecule has 5 heteroatoms. The summed E-state index contributed by atoms with van der Waals surface area (Å²) in [6.07, 6.45) is 0. The van der Waals surface area contributed by atoms with Gasteiger partial charge in [0.05, 0.1) is 6.54 Å². The topological polar surface area (TPSA) is 43.8 Å². The fourth-order valence-electron chi connectivity index (χ4n) is 1.64. The molecular formula is C13H19ClN2O2. The molecule has 0 spiro atoms. The van der Waals surface area contributed by atoms with E-state index in [0.717, 1.165) is 12.1 Å². The largest absolute Gasteiger partial charge is 0.480 e. The molecule has 0 unspecified atom stereocenters. The lowest BCUT2D eigenvalue weighted by Gasteiger charge is -2.22. The molecule has 0 saturated heterocycles. The van der Waals surface area contributed by atoms with Gasteiger partial charge in [-0.05, 0) is 31.8 Å². The van der Waals surface area contributed by atoms with Crippen molar-refractivity contribution in [2.45, 2.75) is 6.54 Å². The standard InChI is InChI=1S/C13H19ClN2O2/c1-15(2)6-7-16(10-13(17)18)9-11-4-3-5-12(14)8-11/h3-5,8H,6-7,9-10H2,1-2H3,(H,17,18). The van der Waals surface area contributed by atoms with Gasteiger partial charge in [-0.15, -0.1) is 0 Å². The van der Waals surface area contributed by atoms with Gasteiger partial charge in [0.1, 0.15) is 0 Å². The van der Waals surface area contributed by atoms with Gasteiger partial charge >= 0.3 is 5.97 Å². The number of halogens is 1. The Bertz CT molecular complexity index is 396. The average molecular weight is 271 g/mol. The highest BCUT2D eigenvalue weighted by Crippen LogP contribution is 2.12. The number of carbonyl (C=O) groups is 1. The molecule has 0 amide bonds. The van der Waals surface area contributed by atoms with Crippen molar-refractivity contribution in [2.75, 3.05) is 33.7 Å². The summed E-state index contributed by atoms with van der Waals surface area (Å²) >= 11 is 5.92. The molecule has 1 N–H and O–H groups in total. The van der Waals surface area contributed by atoms with Crippen molar-refractivity contribution in [3.63, 3.8) is 0 Å². The molecule has 1 aromatic carbocycles. The van der Waals surface area contributed by atoms with E-state index < -0.39 is 5.97 Å². The lowest BCUT2D eigenvalue weighted by atomic mass is 10.2. The third-order valence-corrected chi connectivity index (χ3v) is 2.75. The molecule has 0 aliphatic carbocycles. The first-order chi connectivity index (χ1) is 8.47. The van der Waals surface area contributed by atoms with Gasteiger partial charge in [-0.3, -0.25) is 9.69 Å². The molecule has 100 valence electrons. The van der Waals surface area contributed by atoms with Gasteiger partial charge in [0.2, 0.25) is 0 Å². The van der Waals surface area contributed by atoms with E-state index >= 15 is 0 Å². The summed E-state index contributed by atoms with van der Waals surface area (Å²) in [6.45, 7) is 2.18. The smallest absolute Gasteiger partial charge is 0.317 e. The summed E-state index contributed by atoms with van der Waals surface area (Å²) in [4.78, 5) is 14.8. The summed E-state index contributed by atoms with van der Waals surface area (Å²) in [7, 11) is 3.94. The van der Waals surface area contributed by atoms with E-state index in [9.17, 15) is 4.79 Å². The zero-order valence-corrected chi connectivity index (χ0v) is 11.5. The fraction of sp³-hybridized carbons (Fsp3) is 0.462. The molecule has 0 bridgehead atoms. The van der Waals surface area contributed by atoms with Crippen LogP contribution in [0.2, 0.25) is 5.02 Å². The van der Waals surface area contributed by atoms with Crippen LogP contribution in [0.25, 0.3) is 0 Å². The van der Waals surface area contributed by atoms with Crippen molar-refractivity contribution < 1.29 is 9.90 Å². The quantitative estimate of drug-likeness (QED) is 0.820. The number of carboxylic acids is 1. The number of likely N-dealkylation sites (N-methyl/N-ethyl adjacent to an activating group) is 1. The van der Waals surface area contributed by atoms with E-state index in [4.69, 9.17) is 16.7 Å². The highest BCUT2D eigenvalue weighted by Gasteiger charge is 2.10. The van der Waals surface area contributed by atoms with Gasteiger partial charge in [-0.25, -0.2) is 0 Å². The highest BCUT2D eigenvalue weighted by atomic mass is 35.5. The van der Waals surface area contributed by atoms with E-state index in [1.807, 2.05) is 48.2 Å². The minimum Gasteiger partial charge on any atom is -0.480 e. The minimum atomic E-state index is -0.809. The average Bonchev–Trinajstić information content (AvgIpc) is 2.25. The van der Waals surface area contributed by atoms with Crippen LogP contribution in [-0.2, 0) is 11.3 Å². The first-order valence-corrected chi connectivity index (χ1v) is 6.18. The van der Waals surface area contributed by atoms with Crippen LogP contribution >= 0.6 is 11.6 Å². The number of carboxylic acid groups (broad SMARTS) is 1. The second-order valence-corrected chi connectivity index (χ2v) is 4.97. The SMILES string of the molecule is CN(C)CCN(CC(=O)O)Cc1cccc(Cl)c1. The van der Waals surface area contributed by atoms with Crippen LogP contribution in [0.4, 0.5) is 0 Å². The third-order valence-electron chi connectivity index (χ3n) is 2.52. The maximum Gasteiger partial charge on any atom is 0.317 e. The van der Waals surface area contributed by atoms with Crippen molar-refractivity contribution >= 4 is 17.6 Å². The molecule has 1 rings (SSSR count). The number of hydrogen-bond donors (Lipinski definition) is 1. The van der Waals surface area contributed by atoms with Crippen LogP contribution in [0.1, 0.15) is 5.56 Å². The van der Waals surface area contributed by atoms with E-state index in [1.54, 1.807) is 0 Å². The van der Waals surface area contributed by atoms with Crippen molar-refractivity contribution in [1.29, 1.82) is 0 Å². The molecule has 18 heavy (non-hydrogen) atoms. The van der Waals surface area contributed by atoms with E-state index in [-0.39, 0.29) is 6.54 Å². The molecule has 0 heterocycles. The third kappa shape index (κ3) is 6.00. The molecule has 0 saturated carbocycles. The van der Waals surface area contributed by atoms with Crippen molar-refractivity contribution in [3.8, 4) is 0 Å². The summed E-state index contributed by atoms with van der Waals surface area (Å²) in [6, 6.07) is 7.51. The molecule has 4 nitrogen and oxygen atoms in total. The lowest BCUT2D eigenvalue weighted by Crippen LogP contribution is -2.35. The Balaban J connectivity index is 2.62. The fourth-order valence-corrected chi connectivity index (χ4v) is 1.85. The molecule has 0 atom stereocenters. The maximum atomic E-state index is 10.8. The zero-order valence-electron chi connectivity index (χ0n) is 10.8. The Kier molecular flexibility index (Phi) is 6.12. The Morgan fingerprint density at radius 1 is 1.33 bits per heavy atom. The second-order valence-electron chi connectivity index (χ2n) is 4.54. The summed E-state index contributed by atoms with van der Waals surface area (Å²) < 4.78 is 0. The molecule has 0 aromatic heterocycles. The molecule has 0 aliphatic rings. The summed E-state index contributed by atoms with van der Waals surface area (Å²) in [5.41, 5.74) is 1.03. The van der Waals surface area contributed by atoms with Crippen LogP contribution in [-0.4, -0.2) is 54.6 Å². The van der Waals surface area contributed by atoms with Crippen LogP contribution in [0.15, 0.2) is 24.3 Å². The Morgan fingerprint density at radius 2 is 2.06 bits per heavy atom. The predicted molar refractivity (Wildman–Crippen MR) is 72.9 cm³/mol. The maximum absolute atomic E-state index is 10.8. The Morgan fingerprint density at radius 3 is 2.61 bits per heavy atom. The predicted octanol–water partition coefficient (Wildman–Crippen LogP) is 1.79. The van der Waals surface area contributed by atoms with Crippen LogP contribution < -0.4 is 0 Å². The molecular weight excluding hydrogens is 252 g/mol. The monoisotopic (exact) mass is 270 g/mol. The van der Waals surface area contributed by atoms with Crippen LogP contribution in [0, 0.1) is 0 Å². The first kappa shape index (κ1) is 15.0. The van der Waals surface area contributed by atoms with Gasteiger partial charge < -0.3 is 10.0 Å². The normalized spacial score (nSPS) is 11.2. The summed E-state index contributed by atoms with van der Waals surface area (Å²) in [5, 5.41) is 9.58. The molecule has 1 aromatic rings. The van der Waals surface area contributed by atoms with Gasteiger partial charge in [0.25, 0.3) is 0 Å². The van der Waals surface area contributed by atoms with Crippen molar-refractivity contribution in [3.05, 3.63) is 34.9 Å². The molecule has 0 radical (unpaired) electrons. The Hall–Kier alpha value is -1.10. The molecule has 0 aliphatic heterocycles. The van der Waals surface area contributed by atoms with E-state index in [2.05, 4.69) is 0 Å². The van der Waals surface area contributed by atoms with Gasteiger partial charge in [-0.1, -0.05) is 23.7 Å². The van der Waals surface area contributed by atoms with Crippen LogP contribution in [0.3, 0.4) is 0 Å². The lowest BCUT2D eigenvalue weighted by molar-refractivity contribution is -0.138. The second kappa shape index (κ2) is 7.36.